The highest BCUT2D eigenvalue weighted by Gasteiger charge is 2.34. The van der Waals surface area contributed by atoms with Gasteiger partial charge in [0.1, 0.15) is 23.9 Å². The van der Waals surface area contributed by atoms with Gasteiger partial charge in [-0.2, -0.15) is 0 Å². The molecule has 190 valence electrons. The monoisotopic (exact) mass is 490 g/mol. The molecule has 6 nitrogen and oxygen atoms in total. The molecule has 5 rings (SSSR count). The Hall–Kier alpha value is -3.06. The predicted octanol–water partition coefficient (Wildman–Crippen LogP) is 5.90. The van der Waals surface area contributed by atoms with Crippen LogP contribution in [0.15, 0.2) is 72.8 Å². The first kappa shape index (κ1) is 24.6. The Morgan fingerprint density at radius 2 is 1.64 bits per heavy atom. The summed E-state index contributed by atoms with van der Waals surface area (Å²) in [4.78, 5) is 0. The average molecular weight is 491 g/mol. The fourth-order valence-electron chi connectivity index (χ4n) is 4.99. The minimum atomic E-state index is -0.398. The summed E-state index contributed by atoms with van der Waals surface area (Å²) in [5.41, 5.74) is 3.62. The molecule has 36 heavy (non-hydrogen) atoms. The van der Waals surface area contributed by atoms with Crippen LogP contribution < -0.4 is 14.2 Å². The van der Waals surface area contributed by atoms with E-state index in [9.17, 15) is 0 Å². The van der Waals surface area contributed by atoms with Gasteiger partial charge in [0.15, 0.2) is 12.6 Å². The summed E-state index contributed by atoms with van der Waals surface area (Å²) >= 11 is 0. The van der Waals surface area contributed by atoms with Crippen molar-refractivity contribution in [3.05, 3.63) is 89.5 Å². The van der Waals surface area contributed by atoms with Crippen LogP contribution in [-0.2, 0) is 14.2 Å². The Labute approximate surface area is 213 Å². The molecule has 3 aromatic rings. The first-order valence-electron chi connectivity index (χ1n) is 12.6. The van der Waals surface area contributed by atoms with Crippen LogP contribution in [0.2, 0.25) is 0 Å². The van der Waals surface area contributed by atoms with E-state index in [0.717, 1.165) is 48.7 Å². The Morgan fingerprint density at radius 3 is 2.36 bits per heavy atom. The molecule has 0 amide bonds. The highest BCUT2D eigenvalue weighted by atomic mass is 16.7. The molecule has 1 saturated heterocycles. The molecule has 0 aliphatic carbocycles. The molecular formula is C30H34O6. The van der Waals surface area contributed by atoms with Crippen molar-refractivity contribution in [2.45, 2.75) is 43.7 Å². The third-order valence-electron chi connectivity index (χ3n) is 6.93. The largest absolute Gasteiger partial charge is 0.492 e. The second-order valence-corrected chi connectivity index (χ2v) is 9.20. The van der Waals surface area contributed by atoms with Crippen molar-refractivity contribution in [3.8, 4) is 17.2 Å². The SMILES string of the molecule is COC(COc1ccc([C@@H]2c3ccc(OC4CCCCO4)cc3OC[C@@H]2c2ccccc2)cc1)OC. The number of methoxy groups -OCH3 is 2. The number of rotatable bonds is 9. The Morgan fingerprint density at radius 1 is 0.861 bits per heavy atom. The second-order valence-electron chi connectivity index (χ2n) is 9.20. The van der Waals surface area contributed by atoms with Gasteiger partial charge in [-0.3, -0.25) is 0 Å². The van der Waals surface area contributed by atoms with Gasteiger partial charge < -0.3 is 28.4 Å². The molecular weight excluding hydrogens is 456 g/mol. The lowest BCUT2D eigenvalue weighted by atomic mass is 9.76. The molecule has 1 fully saturated rings. The lowest BCUT2D eigenvalue weighted by molar-refractivity contribution is -0.121. The molecule has 2 aliphatic heterocycles. The van der Waals surface area contributed by atoms with Gasteiger partial charge in [-0.15, -0.1) is 0 Å². The van der Waals surface area contributed by atoms with E-state index >= 15 is 0 Å². The van der Waals surface area contributed by atoms with Gasteiger partial charge in [0, 0.05) is 44.1 Å². The zero-order valence-electron chi connectivity index (χ0n) is 20.9. The molecule has 3 atom stereocenters. The average Bonchev–Trinajstić information content (AvgIpc) is 2.94. The smallest absolute Gasteiger partial charge is 0.199 e. The molecule has 2 heterocycles. The molecule has 0 spiro atoms. The van der Waals surface area contributed by atoms with Crippen molar-refractivity contribution in [1.29, 1.82) is 0 Å². The maximum absolute atomic E-state index is 6.31. The van der Waals surface area contributed by atoms with Gasteiger partial charge in [-0.05, 0) is 42.2 Å². The minimum Gasteiger partial charge on any atom is -0.492 e. The molecule has 2 aliphatic rings. The van der Waals surface area contributed by atoms with Gasteiger partial charge in [-0.25, -0.2) is 0 Å². The Kier molecular flexibility index (Phi) is 8.06. The van der Waals surface area contributed by atoms with E-state index in [1.807, 2.05) is 30.3 Å². The molecule has 1 unspecified atom stereocenters. The zero-order valence-corrected chi connectivity index (χ0v) is 20.9. The highest BCUT2D eigenvalue weighted by Crippen LogP contribution is 2.47. The van der Waals surface area contributed by atoms with Crippen molar-refractivity contribution < 1.29 is 28.4 Å². The van der Waals surface area contributed by atoms with E-state index in [1.54, 1.807) is 14.2 Å². The molecule has 0 aromatic heterocycles. The maximum Gasteiger partial charge on any atom is 0.199 e. The van der Waals surface area contributed by atoms with Gasteiger partial charge in [0.2, 0.25) is 0 Å². The first-order chi connectivity index (χ1) is 17.7. The van der Waals surface area contributed by atoms with Crippen LogP contribution in [0.3, 0.4) is 0 Å². The van der Waals surface area contributed by atoms with Crippen LogP contribution in [-0.4, -0.2) is 46.6 Å². The Bertz CT molecular complexity index is 1090. The van der Waals surface area contributed by atoms with Crippen LogP contribution in [0.1, 0.15) is 47.8 Å². The fourth-order valence-corrected chi connectivity index (χ4v) is 4.99. The Balaban J connectivity index is 1.41. The van der Waals surface area contributed by atoms with Gasteiger partial charge in [0.25, 0.3) is 0 Å². The third-order valence-corrected chi connectivity index (χ3v) is 6.93. The zero-order chi connectivity index (χ0) is 24.7. The van der Waals surface area contributed by atoms with E-state index in [2.05, 4.69) is 42.5 Å². The summed E-state index contributed by atoms with van der Waals surface area (Å²) in [6, 6.07) is 25.0. The summed E-state index contributed by atoms with van der Waals surface area (Å²) in [6.07, 6.45) is 2.56. The van der Waals surface area contributed by atoms with Crippen LogP contribution in [0.5, 0.6) is 17.2 Å². The van der Waals surface area contributed by atoms with E-state index in [-0.39, 0.29) is 18.1 Å². The second kappa shape index (κ2) is 11.8. The number of fused-ring (bicyclic) bond motifs is 1. The molecule has 0 radical (unpaired) electrons. The van der Waals surface area contributed by atoms with E-state index in [4.69, 9.17) is 28.4 Å². The van der Waals surface area contributed by atoms with Crippen LogP contribution in [0, 0.1) is 0 Å². The fraction of sp³-hybridized carbons (Fsp3) is 0.400. The lowest BCUT2D eigenvalue weighted by Gasteiger charge is -2.35. The van der Waals surface area contributed by atoms with Gasteiger partial charge >= 0.3 is 0 Å². The summed E-state index contributed by atoms with van der Waals surface area (Å²) in [7, 11) is 3.21. The summed E-state index contributed by atoms with van der Waals surface area (Å²) in [5.74, 6) is 2.75. The summed E-state index contributed by atoms with van der Waals surface area (Å²) < 4.78 is 34.5. The number of benzene rings is 3. The minimum absolute atomic E-state index is 0.135. The standard InChI is InChI=1S/C30H34O6/c1-31-29(32-2)20-34-23-13-11-22(12-14-23)30-25-16-15-24(36-28-10-6-7-17-33-28)18-27(25)35-19-26(30)21-8-4-3-5-9-21/h3-5,8-9,11-16,18,26,28-30H,6-7,10,17,19-20H2,1-2H3/t26-,28?,30-/m1/s1. The van der Waals surface area contributed by atoms with Crippen LogP contribution in [0.25, 0.3) is 0 Å². The third kappa shape index (κ3) is 5.67. The molecule has 0 saturated carbocycles. The maximum atomic E-state index is 6.31. The van der Waals surface area contributed by atoms with Crippen molar-refractivity contribution in [2.75, 3.05) is 34.0 Å². The van der Waals surface area contributed by atoms with Gasteiger partial charge in [0.05, 0.1) is 13.2 Å². The highest BCUT2D eigenvalue weighted by molar-refractivity contribution is 5.51. The van der Waals surface area contributed by atoms with E-state index in [1.165, 1.54) is 11.1 Å². The number of ether oxygens (including phenoxy) is 6. The predicted molar refractivity (Wildman–Crippen MR) is 137 cm³/mol. The normalized spacial score (nSPS) is 21.5. The van der Waals surface area contributed by atoms with Crippen LogP contribution in [0.4, 0.5) is 0 Å². The molecule has 0 N–H and O–H groups in total. The summed E-state index contributed by atoms with van der Waals surface area (Å²) in [5, 5.41) is 0. The lowest BCUT2D eigenvalue weighted by Crippen LogP contribution is -2.26. The number of hydrogen-bond acceptors (Lipinski definition) is 6. The summed E-state index contributed by atoms with van der Waals surface area (Å²) in [6.45, 7) is 1.67. The van der Waals surface area contributed by atoms with Crippen molar-refractivity contribution in [2.24, 2.45) is 0 Å². The molecule has 3 aromatic carbocycles. The van der Waals surface area contributed by atoms with E-state index in [0.29, 0.717) is 13.2 Å². The van der Waals surface area contributed by atoms with Crippen molar-refractivity contribution in [1.82, 2.24) is 0 Å². The molecule has 6 heteroatoms. The van der Waals surface area contributed by atoms with E-state index < -0.39 is 6.29 Å². The first-order valence-corrected chi connectivity index (χ1v) is 12.6. The van der Waals surface area contributed by atoms with Gasteiger partial charge in [-0.1, -0.05) is 48.5 Å². The number of hydrogen-bond donors (Lipinski definition) is 0. The van der Waals surface area contributed by atoms with Crippen LogP contribution >= 0.6 is 0 Å². The van der Waals surface area contributed by atoms with Crippen molar-refractivity contribution in [3.63, 3.8) is 0 Å². The van der Waals surface area contributed by atoms with Crippen molar-refractivity contribution >= 4 is 0 Å². The quantitative estimate of drug-likeness (QED) is 0.348. The molecule has 0 bridgehead atoms. The topological polar surface area (TPSA) is 55.4 Å².